The summed E-state index contributed by atoms with van der Waals surface area (Å²) in [5.41, 5.74) is 9.05. The second-order valence-corrected chi connectivity index (χ2v) is 5.43. The number of rotatable bonds is 5. The van der Waals surface area contributed by atoms with Gasteiger partial charge in [0, 0.05) is 18.2 Å². The summed E-state index contributed by atoms with van der Waals surface area (Å²) in [5, 5.41) is 11.2. The SMILES string of the molecule is NC(=O)c1ccc(-c2ccc(CNc3ccon3)cc2)n2ncnc12. The van der Waals surface area contributed by atoms with Crippen molar-refractivity contribution in [1.82, 2.24) is 19.8 Å². The maximum absolute atomic E-state index is 11.5. The molecule has 0 saturated carbocycles. The fourth-order valence-corrected chi connectivity index (χ4v) is 2.61. The van der Waals surface area contributed by atoms with Crippen LogP contribution in [0.15, 0.2) is 59.6 Å². The summed E-state index contributed by atoms with van der Waals surface area (Å²) in [6, 6.07) is 13.2. The highest BCUT2D eigenvalue weighted by molar-refractivity contribution is 5.99. The third kappa shape index (κ3) is 2.80. The summed E-state index contributed by atoms with van der Waals surface area (Å²) in [5.74, 6) is 0.161. The zero-order chi connectivity index (χ0) is 17.2. The Kier molecular flexibility index (Phi) is 3.62. The van der Waals surface area contributed by atoms with Crippen molar-refractivity contribution in [2.24, 2.45) is 5.73 Å². The first-order valence-electron chi connectivity index (χ1n) is 7.58. The van der Waals surface area contributed by atoms with E-state index in [1.807, 2.05) is 30.3 Å². The molecule has 0 bridgehead atoms. The second kappa shape index (κ2) is 6.08. The van der Waals surface area contributed by atoms with E-state index < -0.39 is 5.91 Å². The Bertz CT molecular complexity index is 1020. The topological polar surface area (TPSA) is 111 Å². The van der Waals surface area contributed by atoms with Gasteiger partial charge in [-0.2, -0.15) is 5.10 Å². The number of hydrogen-bond donors (Lipinski definition) is 2. The van der Waals surface area contributed by atoms with Crippen molar-refractivity contribution in [3.63, 3.8) is 0 Å². The molecule has 3 heterocycles. The first-order valence-corrected chi connectivity index (χ1v) is 7.58. The molecule has 3 N–H and O–H groups in total. The number of carbonyl (C=O) groups excluding carboxylic acids is 1. The lowest BCUT2D eigenvalue weighted by Crippen LogP contribution is -2.13. The number of benzene rings is 1. The molecule has 0 saturated heterocycles. The van der Waals surface area contributed by atoms with Crippen molar-refractivity contribution >= 4 is 17.4 Å². The third-order valence-electron chi connectivity index (χ3n) is 3.85. The maximum Gasteiger partial charge on any atom is 0.252 e. The lowest BCUT2D eigenvalue weighted by atomic mass is 10.1. The van der Waals surface area contributed by atoms with Crippen molar-refractivity contribution in [1.29, 1.82) is 0 Å². The third-order valence-corrected chi connectivity index (χ3v) is 3.85. The zero-order valence-electron chi connectivity index (χ0n) is 13.1. The van der Waals surface area contributed by atoms with Crippen molar-refractivity contribution in [2.45, 2.75) is 6.54 Å². The van der Waals surface area contributed by atoms with Crippen LogP contribution in [0.3, 0.4) is 0 Å². The monoisotopic (exact) mass is 334 g/mol. The molecule has 4 rings (SSSR count). The highest BCUT2D eigenvalue weighted by Gasteiger charge is 2.13. The fraction of sp³-hybridized carbons (Fsp3) is 0.0588. The van der Waals surface area contributed by atoms with Gasteiger partial charge in [0.2, 0.25) is 0 Å². The minimum Gasteiger partial charge on any atom is -0.365 e. The van der Waals surface area contributed by atoms with E-state index in [2.05, 4.69) is 20.6 Å². The minimum atomic E-state index is -0.529. The van der Waals surface area contributed by atoms with E-state index in [4.69, 9.17) is 10.3 Å². The Morgan fingerprint density at radius 1 is 1.16 bits per heavy atom. The normalized spacial score (nSPS) is 10.9. The molecule has 1 aromatic carbocycles. The van der Waals surface area contributed by atoms with E-state index in [1.54, 1.807) is 16.6 Å². The van der Waals surface area contributed by atoms with Gasteiger partial charge in [0.1, 0.15) is 12.6 Å². The maximum atomic E-state index is 11.5. The summed E-state index contributed by atoms with van der Waals surface area (Å²) in [4.78, 5) is 15.6. The van der Waals surface area contributed by atoms with Crippen LogP contribution >= 0.6 is 0 Å². The number of amides is 1. The molecule has 0 spiro atoms. The number of nitrogens with zero attached hydrogens (tertiary/aromatic N) is 4. The lowest BCUT2D eigenvalue weighted by Gasteiger charge is -2.08. The van der Waals surface area contributed by atoms with Crippen LogP contribution in [0.5, 0.6) is 0 Å². The number of fused-ring (bicyclic) bond motifs is 1. The molecule has 1 amide bonds. The largest absolute Gasteiger partial charge is 0.365 e. The second-order valence-electron chi connectivity index (χ2n) is 5.43. The van der Waals surface area contributed by atoms with Gasteiger partial charge in [-0.25, -0.2) is 9.50 Å². The molecule has 0 unspecified atom stereocenters. The summed E-state index contributed by atoms with van der Waals surface area (Å²) < 4.78 is 6.39. The first kappa shape index (κ1) is 14.9. The number of primary amides is 1. The van der Waals surface area contributed by atoms with Crippen LogP contribution in [0.25, 0.3) is 16.9 Å². The van der Waals surface area contributed by atoms with E-state index in [0.29, 0.717) is 23.6 Å². The predicted octanol–water partition coefficient (Wildman–Crippen LogP) is 2.10. The number of nitrogens with two attached hydrogens (primary N) is 1. The molecule has 124 valence electrons. The molecule has 4 aromatic rings. The number of hydrogen-bond acceptors (Lipinski definition) is 6. The summed E-state index contributed by atoms with van der Waals surface area (Å²) in [7, 11) is 0. The van der Waals surface area contributed by atoms with Crippen LogP contribution in [0.2, 0.25) is 0 Å². The summed E-state index contributed by atoms with van der Waals surface area (Å²) in [6.45, 7) is 0.631. The summed E-state index contributed by atoms with van der Waals surface area (Å²) >= 11 is 0. The molecular formula is C17H14N6O2. The van der Waals surface area contributed by atoms with Crippen LogP contribution in [0.1, 0.15) is 15.9 Å². The fourth-order valence-electron chi connectivity index (χ4n) is 2.61. The van der Waals surface area contributed by atoms with Gasteiger partial charge in [-0.1, -0.05) is 29.4 Å². The van der Waals surface area contributed by atoms with Crippen LogP contribution in [0, 0.1) is 0 Å². The average Bonchev–Trinajstić information content (AvgIpc) is 3.31. The Morgan fingerprint density at radius 2 is 2.00 bits per heavy atom. The van der Waals surface area contributed by atoms with Crippen molar-refractivity contribution in [2.75, 3.05) is 5.32 Å². The molecule has 0 atom stereocenters. The molecular weight excluding hydrogens is 320 g/mol. The Balaban J connectivity index is 1.62. The van der Waals surface area contributed by atoms with Gasteiger partial charge in [0.05, 0.1) is 11.3 Å². The lowest BCUT2D eigenvalue weighted by molar-refractivity contribution is 0.100. The van der Waals surface area contributed by atoms with E-state index in [-0.39, 0.29) is 0 Å². The van der Waals surface area contributed by atoms with Crippen molar-refractivity contribution in [3.8, 4) is 11.3 Å². The van der Waals surface area contributed by atoms with Gasteiger partial charge >= 0.3 is 0 Å². The highest BCUT2D eigenvalue weighted by Crippen LogP contribution is 2.22. The number of aromatic nitrogens is 4. The molecule has 0 fully saturated rings. The molecule has 8 heteroatoms. The molecule has 0 aliphatic heterocycles. The number of nitrogens with one attached hydrogen (secondary N) is 1. The van der Waals surface area contributed by atoms with Gasteiger partial charge in [-0.3, -0.25) is 4.79 Å². The number of anilines is 1. The van der Waals surface area contributed by atoms with E-state index in [9.17, 15) is 4.79 Å². The van der Waals surface area contributed by atoms with Gasteiger partial charge in [0.15, 0.2) is 11.5 Å². The van der Waals surface area contributed by atoms with Crippen molar-refractivity contribution < 1.29 is 9.32 Å². The molecule has 8 nitrogen and oxygen atoms in total. The summed E-state index contributed by atoms with van der Waals surface area (Å²) in [6.07, 6.45) is 2.92. The van der Waals surface area contributed by atoms with Crippen LogP contribution in [0.4, 0.5) is 5.82 Å². The molecule has 25 heavy (non-hydrogen) atoms. The Morgan fingerprint density at radius 3 is 2.72 bits per heavy atom. The quantitative estimate of drug-likeness (QED) is 0.578. The average molecular weight is 334 g/mol. The standard InChI is InChI=1S/C17H14N6O2/c18-16(24)13-5-6-14(23-17(13)20-10-21-23)12-3-1-11(2-4-12)9-19-15-7-8-25-22-15/h1-8,10H,9H2,(H2,18,24)(H,19,22). The first-order chi connectivity index (χ1) is 12.2. The minimum absolute atomic E-state index is 0.342. The zero-order valence-corrected chi connectivity index (χ0v) is 13.1. The smallest absolute Gasteiger partial charge is 0.252 e. The van der Waals surface area contributed by atoms with E-state index in [1.165, 1.54) is 12.6 Å². The number of carbonyl (C=O) groups is 1. The van der Waals surface area contributed by atoms with E-state index >= 15 is 0 Å². The predicted molar refractivity (Wildman–Crippen MR) is 90.8 cm³/mol. The van der Waals surface area contributed by atoms with Crippen LogP contribution < -0.4 is 11.1 Å². The van der Waals surface area contributed by atoms with Gasteiger partial charge in [0.25, 0.3) is 5.91 Å². The van der Waals surface area contributed by atoms with Crippen molar-refractivity contribution in [3.05, 3.63) is 66.2 Å². The van der Waals surface area contributed by atoms with Gasteiger partial charge < -0.3 is 15.6 Å². The Labute approximate surface area is 142 Å². The highest BCUT2D eigenvalue weighted by atomic mass is 16.5. The molecule has 3 aromatic heterocycles. The van der Waals surface area contributed by atoms with E-state index in [0.717, 1.165) is 16.8 Å². The van der Waals surface area contributed by atoms with Crippen LogP contribution in [-0.2, 0) is 6.54 Å². The van der Waals surface area contributed by atoms with Crippen LogP contribution in [-0.4, -0.2) is 25.7 Å². The van der Waals surface area contributed by atoms with Gasteiger partial charge in [-0.15, -0.1) is 0 Å². The molecule has 0 radical (unpaired) electrons. The molecule has 0 aliphatic rings. The Hall–Kier alpha value is -3.68. The van der Waals surface area contributed by atoms with Gasteiger partial charge in [-0.05, 0) is 17.7 Å². The molecule has 0 aliphatic carbocycles. The number of pyridine rings is 1.